The molecule has 0 aromatic carbocycles. The van der Waals surface area contributed by atoms with Gasteiger partial charge in [0.05, 0.1) is 6.07 Å². The summed E-state index contributed by atoms with van der Waals surface area (Å²) in [4.78, 5) is 2.49. The van der Waals surface area contributed by atoms with E-state index in [2.05, 4.69) is 44.0 Å². The summed E-state index contributed by atoms with van der Waals surface area (Å²) < 4.78 is 0. The third kappa shape index (κ3) is 5.52. The van der Waals surface area contributed by atoms with E-state index in [1.54, 1.807) is 0 Å². The highest BCUT2D eigenvalue weighted by atomic mass is 15.1. The molecule has 0 saturated carbocycles. The van der Waals surface area contributed by atoms with Gasteiger partial charge in [-0.2, -0.15) is 5.26 Å². The van der Waals surface area contributed by atoms with E-state index in [9.17, 15) is 5.26 Å². The molecule has 1 unspecified atom stereocenters. The lowest BCUT2D eigenvalue weighted by atomic mass is 9.92. The maximum Gasteiger partial charge on any atom is 0.106 e. The van der Waals surface area contributed by atoms with Gasteiger partial charge in [0.1, 0.15) is 5.54 Å². The Morgan fingerprint density at radius 1 is 1.29 bits per heavy atom. The lowest BCUT2D eigenvalue weighted by molar-refractivity contribution is 0.210. The van der Waals surface area contributed by atoms with Crippen LogP contribution in [0.1, 0.15) is 53.4 Å². The smallest absolute Gasteiger partial charge is 0.106 e. The van der Waals surface area contributed by atoms with E-state index in [1.165, 1.54) is 6.42 Å². The van der Waals surface area contributed by atoms with Crippen molar-refractivity contribution in [2.75, 3.05) is 20.1 Å². The second-order valence-corrected chi connectivity index (χ2v) is 5.03. The van der Waals surface area contributed by atoms with E-state index in [-0.39, 0.29) is 5.54 Å². The third-order valence-electron chi connectivity index (χ3n) is 3.59. The van der Waals surface area contributed by atoms with Gasteiger partial charge in [-0.1, -0.05) is 13.8 Å². The third-order valence-corrected chi connectivity index (χ3v) is 3.59. The number of hydrogen-bond acceptors (Lipinski definition) is 3. The molecule has 0 aliphatic heterocycles. The molecule has 0 aromatic heterocycles. The molecule has 3 heteroatoms. The van der Waals surface area contributed by atoms with Crippen molar-refractivity contribution < 1.29 is 0 Å². The van der Waals surface area contributed by atoms with Crippen LogP contribution in [0.5, 0.6) is 0 Å². The first-order valence-corrected chi connectivity index (χ1v) is 6.89. The lowest BCUT2D eigenvalue weighted by Gasteiger charge is -2.29. The molecular weight excluding hydrogens is 210 g/mol. The molecule has 1 atom stereocenters. The SMILES string of the molecule is CCCN(CCCC(C#N)(CC)NC)C(C)C. The van der Waals surface area contributed by atoms with Crippen molar-refractivity contribution in [3.8, 4) is 6.07 Å². The van der Waals surface area contributed by atoms with Gasteiger partial charge in [-0.25, -0.2) is 0 Å². The molecule has 17 heavy (non-hydrogen) atoms. The van der Waals surface area contributed by atoms with Gasteiger partial charge in [0.2, 0.25) is 0 Å². The summed E-state index contributed by atoms with van der Waals surface area (Å²) in [5, 5.41) is 12.4. The molecular formula is C14H29N3. The van der Waals surface area contributed by atoms with Crippen molar-refractivity contribution in [1.82, 2.24) is 10.2 Å². The molecule has 0 amide bonds. The minimum Gasteiger partial charge on any atom is -0.302 e. The Morgan fingerprint density at radius 3 is 2.29 bits per heavy atom. The van der Waals surface area contributed by atoms with Crippen LogP contribution in [0.2, 0.25) is 0 Å². The summed E-state index contributed by atoms with van der Waals surface area (Å²) in [6, 6.07) is 3.02. The molecule has 0 fully saturated rings. The minimum absolute atomic E-state index is 0.325. The van der Waals surface area contributed by atoms with Crippen LogP contribution in [-0.2, 0) is 0 Å². The average Bonchev–Trinajstić information content (AvgIpc) is 2.34. The zero-order chi connectivity index (χ0) is 13.3. The maximum absolute atomic E-state index is 9.23. The predicted molar refractivity (Wildman–Crippen MR) is 73.9 cm³/mol. The largest absolute Gasteiger partial charge is 0.302 e. The first-order valence-electron chi connectivity index (χ1n) is 6.89. The molecule has 100 valence electrons. The quantitative estimate of drug-likeness (QED) is 0.672. The van der Waals surface area contributed by atoms with Gasteiger partial charge in [0.15, 0.2) is 0 Å². The number of nitrogens with one attached hydrogen (secondary N) is 1. The predicted octanol–water partition coefficient (Wildman–Crippen LogP) is 2.78. The Kier molecular flexibility index (Phi) is 8.20. The molecule has 0 aromatic rings. The zero-order valence-corrected chi connectivity index (χ0v) is 12.2. The fraction of sp³-hybridized carbons (Fsp3) is 0.929. The topological polar surface area (TPSA) is 39.1 Å². The molecule has 0 bridgehead atoms. The molecule has 0 saturated heterocycles. The van der Waals surface area contributed by atoms with E-state index in [4.69, 9.17) is 0 Å². The van der Waals surface area contributed by atoms with E-state index in [1.807, 2.05) is 7.05 Å². The Balaban J connectivity index is 4.15. The summed E-state index contributed by atoms with van der Waals surface area (Å²) in [5.41, 5.74) is -0.325. The van der Waals surface area contributed by atoms with Crippen LogP contribution >= 0.6 is 0 Å². The van der Waals surface area contributed by atoms with Crippen molar-refractivity contribution in [1.29, 1.82) is 5.26 Å². The van der Waals surface area contributed by atoms with E-state index in [0.29, 0.717) is 6.04 Å². The Morgan fingerprint density at radius 2 is 1.94 bits per heavy atom. The number of rotatable bonds is 9. The van der Waals surface area contributed by atoms with Crippen molar-refractivity contribution in [2.45, 2.75) is 65.0 Å². The van der Waals surface area contributed by atoms with E-state index in [0.717, 1.165) is 32.4 Å². The molecule has 0 spiro atoms. The monoisotopic (exact) mass is 239 g/mol. The van der Waals surface area contributed by atoms with Crippen LogP contribution in [-0.4, -0.2) is 36.6 Å². The van der Waals surface area contributed by atoms with Crippen LogP contribution in [0.3, 0.4) is 0 Å². The fourth-order valence-electron chi connectivity index (χ4n) is 2.17. The summed E-state index contributed by atoms with van der Waals surface area (Å²) >= 11 is 0. The van der Waals surface area contributed by atoms with Gasteiger partial charge in [0, 0.05) is 6.04 Å². The number of hydrogen-bond donors (Lipinski definition) is 1. The fourth-order valence-corrected chi connectivity index (χ4v) is 2.17. The second-order valence-electron chi connectivity index (χ2n) is 5.03. The van der Waals surface area contributed by atoms with Crippen LogP contribution in [0.4, 0.5) is 0 Å². The minimum atomic E-state index is -0.325. The van der Waals surface area contributed by atoms with Gasteiger partial charge in [-0.3, -0.25) is 0 Å². The molecule has 1 N–H and O–H groups in total. The van der Waals surface area contributed by atoms with Crippen LogP contribution < -0.4 is 5.32 Å². The van der Waals surface area contributed by atoms with Crippen LogP contribution in [0.25, 0.3) is 0 Å². The summed E-state index contributed by atoms with van der Waals surface area (Å²) in [6.07, 6.45) is 4.08. The molecule has 0 rings (SSSR count). The van der Waals surface area contributed by atoms with Crippen molar-refractivity contribution in [3.63, 3.8) is 0 Å². The highest BCUT2D eigenvalue weighted by molar-refractivity contribution is 5.05. The van der Waals surface area contributed by atoms with Crippen LogP contribution in [0, 0.1) is 11.3 Å². The normalized spacial score (nSPS) is 14.9. The number of nitriles is 1. The summed E-state index contributed by atoms with van der Waals surface area (Å²) in [7, 11) is 1.89. The van der Waals surface area contributed by atoms with Crippen molar-refractivity contribution in [3.05, 3.63) is 0 Å². The Labute approximate surface area is 107 Å². The van der Waals surface area contributed by atoms with Gasteiger partial charge in [0.25, 0.3) is 0 Å². The van der Waals surface area contributed by atoms with Gasteiger partial charge in [-0.05, 0) is 59.7 Å². The maximum atomic E-state index is 9.23. The average molecular weight is 239 g/mol. The lowest BCUT2D eigenvalue weighted by Crippen LogP contribution is -2.42. The second kappa shape index (κ2) is 8.49. The van der Waals surface area contributed by atoms with E-state index >= 15 is 0 Å². The summed E-state index contributed by atoms with van der Waals surface area (Å²) in [5.74, 6) is 0. The number of nitrogens with zero attached hydrogens (tertiary/aromatic N) is 2. The molecule has 0 radical (unpaired) electrons. The highest BCUT2D eigenvalue weighted by Gasteiger charge is 2.25. The van der Waals surface area contributed by atoms with Gasteiger partial charge in [-0.15, -0.1) is 0 Å². The summed E-state index contributed by atoms with van der Waals surface area (Å²) in [6.45, 7) is 11.0. The molecule has 0 aliphatic rings. The van der Waals surface area contributed by atoms with Crippen molar-refractivity contribution >= 4 is 0 Å². The highest BCUT2D eigenvalue weighted by Crippen LogP contribution is 2.16. The Bertz CT molecular complexity index is 226. The van der Waals surface area contributed by atoms with Gasteiger partial charge >= 0.3 is 0 Å². The van der Waals surface area contributed by atoms with Crippen LogP contribution in [0.15, 0.2) is 0 Å². The van der Waals surface area contributed by atoms with Gasteiger partial charge < -0.3 is 10.2 Å². The van der Waals surface area contributed by atoms with E-state index < -0.39 is 0 Å². The molecule has 0 aliphatic carbocycles. The van der Waals surface area contributed by atoms with Crippen molar-refractivity contribution in [2.24, 2.45) is 0 Å². The standard InChI is InChI=1S/C14H29N3/c1-6-10-17(13(3)4)11-8-9-14(7-2,12-15)16-5/h13,16H,6-11H2,1-5H3. The Hall–Kier alpha value is -0.590. The first-order chi connectivity index (χ1) is 8.05. The molecule has 3 nitrogen and oxygen atoms in total. The zero-order valence-electron chi connectivity index (χ0n) is 12.2. The first kappa shape index (κ1) is 16.4. The molecule has 0 heterocycles.